The van der Waals surface area contributed by atoms with E-state index in [4.69, 9.17) is 5.26 Å². The van der Waals surface area contributed by atoms with Crippen LogP contribution in [0.3, 0.4) is 0 Å². The smallest absolute Gasteiger partial charge is 0.130 e. The van der Waals surface area contributed by atoms with Crippen LogP contribution in [0.2, 0.25) is 0 Å². The van der Waals surface area contributed by atoms with E-state index in [0.717, 1.165) is 12.1 Å². The number of benzene rings is 1. The summed E-state index contributed by atoms with van der Waals surface area (Å²) < 4.78 is 25.3. The van der Waals surface area contributed by atoms with Gasteiger partial charge in [-0.1, -0.05) is 0 Å². The first-order valence-electron chi connectivity index (χ1n) is 3.01. The fourth-order valence-electron chi connectivity index (χ4n) is 0.710. The molecule has 0 saturated carbocycles. The van der Waals surface area contributed by atoms with E-state index < -0.39 is 11.6 Å². The predicted octanol–water partition coefficient (Wildman–Crippen LogP) is 2.14. The largest absolute Gasteiger partial charge is 0.207 e. The van der Waals surface area contributed by atoms with E-state index in [0.29, 0.717) is 0 Å². The molecule has 0 atom stereocenters. The fourth-order valence-corrected chi connectivity index (χ4v) is 0.710. The summed E-state index contributed by atoms with van der Waals surface area (Å²) in [5, 5.41) is 8.29. The lowest BCUT2D eigenvalue weighted by atomic mass is 10.1. The maximum Gasteiger partial charge on any atom is 0.130 e. The molecule has 0 heterocycles. The molecule has 1 aromatic carbocycles. The summed E-state index contributed by atoms with van der Waals surface area (Å²) in [5.74, 6) is -1.36. The Balaban J connectivity index is 3.35. The standard InChI is InChI=1S/C8H5F2N/c1-5-7(9)2-6(4-11)3-8(5)10/h2-3H,1H3. The molecule has 11 heavy (non-hydrogen) atoms. The average molecular weight is 153 g/mol. The molecule has 0 aliphatic heterocycles. The van der Waals surface area contributed by atoms with E-state index in [1.807, 2.05) is 0 Å². The first-order valence-corrected chi connectivity index (χ1v) is 3.01. The molecule has 1 aromatic rings. The van der Waals surface area contributed by atoms with Crippen molar-refractivity contribution >= 4 is 0 Å². The zero-order valence-corrected chi connectivity index (χ0v) is 5.86. The number of rotatable bonds is 0. The summed E-state index contributed by atoms with van der Waals surface area (Å²) in [5.41, 5.74) is -0.0467. The van der Waals surface area contributed by atoms with E-state index in [1.165, 1.54) is 6.92 Å². The van der Waals surface area contributed by atoms with Crippen LogP contribution in [0, 0.1) is 29.9 Å². The minimum atomic E-state index is -0.679. The van der Waals surface area contributed by atoms with Crippen LogP contribution in [-0.4, -0.2) is 0 Å². The third-order valence-electron chi connectivity index (χ3n) is 1.41. The molecule has 0 aliphatic rings. The highest BCUT2D eigenvalue weighted by molar-refractivity contribution is 5.33. The van der Waals surface area contributed by atoms with Crippen LogP contribution in [0.4, 0.5) is 8.78 Å². The molecule has 0 bridgehead atoms. The Morgan fingerprint density at radius 1 is 1.27 bits per heavy atom. The molecule has 0 fully saturated rings. The Morgan fingerprint density at radius 3 is 2.09 bits per heavy atom. The van der Waals surface area contributed by atoms with Gasteiger partial charge in [-0.15, -0.1) is 0 Å². The van der Waals surface area contributed by atoms with Gasteiger partial charge in [0.2, 0.25) is 0 Å². The van der Waals surface area contributed by atoms with Gasteiger partial charge in [0.05, 0.1) is 11.6 Å². The molecule has 1 rings (SSSR count). The molecule has 0 N–H and O–H groups in total. The number of halogens is 2. The molecular formula is C8H5F2N. The van der Waals surface area contributed by atoms with Gasteiger partial charge < -0.3 is 0 Å². The molecule has 1 nitrogen and oxygen atoms in total. The monoisotopic (exact) mass is 153 g/mol. The van der Waals surface area contributed by atoms with Crippen molar-refractivity contribution in [2.24, 2.45) is 0 Å². The second-order valence-corrected chi connectivity index (χ2v) is 2.18. The van der Waals surface area contributed by atoms with Gasteiger partial charge in [-0.25, -0.2) is 8.78 Å². The van der Waals surface area contributed by atoms with E-state index in [-0.39, 0.29) is 11.1 Å². The van der Waals surface area contributed by atoms with E-state index >= 15 is 0 Å². The molecule has 56 valence electrons. The van der Waals surface area contributed by atoms with E-state index in [9.17, 15) is 8.78 Å². The number of nitriles is 1. The summed E-state index contributed by atoms with van der Waals surface area (Å²) in [6.45, 7) is 1.33. The Bertz CT molecular complexity index is 302. The summed E-state index contributed by atoms with van der Waals surface area (Å²) >= 11 is 0. The van der Waals surface area contributed by atoms with Crippen molar-refractivity contribution in [2.45, 2.75) is 6.92 Å². The molecule has 3 heteroatoms. The third-order valence-corrected chi connectivity index (χ3v) is 1.41. The average Bonchev–Trinajstić information content (AvgIpc) is 1.99. The highest BCUT2D eigenvalue weighted by Crippen LogP contribution is 2.12. The van der Waals surface area contributed by atoms with Crippen molar-refractivity contribution in [3.63, 3.8) is 0 Å². The maximum atomic E-state index is 12.6. The van der Waals surface area contributed by atoms with Gasteiger partial charge in [-0.05, 0) is 19.1 Å². The first-order chi connectivity index (χ1) is 5.15. The molecule has 0 saturated heterocycles. The van der Waals surface area contributed by atoms with Crippen molar-refractivity contribution in [3.8, 4) is 6.07 Å². The normalized spacial score (nSPS) is 9.27. The molecule has 0 radical (unpaired) electrons. The van der Waals surface area contributed by atoms with Crippen molar-refractivity contribution in [1.29, 1.82) is 5.26 Å². The Labute approximate surface area is 62.9 Å². The molecular weight excluding hydrogens is 148 g/mol. The quantitative estimate of drug-likeness (QED) is 0.560. The maximum absolute atomic E-state index is 12.6. The van der Waals surface area contributed by atoms with Crippen LogP contribution >= 0.6 is 0 Å². The van der Waals surface area contributed by atoms with Crippen LogP contribution in [0.15, 0.2) is 12.1 Å². The zero-order chi connectivity index (χ0) is 8.43. The molecule has 0 aliphatic carbocycles. The number of hydrogen-bond donors (Lipinski definition) is 0. The van der Waals surface area contributed by atoms with Crippen LogP contribution in [-0.2, 0) is 0 Å². The Hall–Kier alpha value is -1.43. The fraction of sp³-hybridized carbons (Fsp3) is 0.125. The highest BCUT2D eigenvalue weighted by Gasteiger charge is 2.05. The topological polar surface area (TPSA) is 23.8 Å². The van der Waals surface area contributed by atoms with Gasteiger partial charge in [0, 0.05) is 5.56 Å². The summed E-state index contributed by atoms with van der Waals surface area (Å²) in [6.07, 6.45) is 0. The van der Waals surface area contributed by atoms with Crippen molar-refractivity contribution in [2.75, 3.05) is 0 Å². The summed E-state index contributed by atoms with van der Waals surface area (Å²) in [6, 6.07) is 3.68. The second kappa shape index (κ2) is 2.67. The van der Waals surface area contributed by atoms with Gasteiger partial charge in [0.15, 0.2) is 0 Å². The Kier molecular flexibility index (Phi) is 1.86. The highest BCUT2D eigenvalue weighted by atomic mass is 19.1. The van der Waals surface area contributed by atoms with E-state index in [2.05, 4.69) is 0 Å². The third kappa shape index (κ3) is 1.35. The van der Waals surface area contributed by atoms with Crippen molar-refractivity contribution in [3.05, 3.63) is 34.9 Å². The van der Waals surface area contributed by atoms with Crippen LogP contribution in [0.1, 0.15) is 11.1 Å². The zero-order valence-electron chi connectivity index (χ0n) is 5.86. The summed E-state index contributed by atoms with van der Waals surface area (Å²) in [7, 11) is 0. The lowest BCUT2D eigenvalue weighted by Gasteiger charge is -1.97. The van der Waals surface area contributed by atoms with Crippen LogP contribution in [0.5, 0.6) is 0 Å². The molecule has 0 unspecified atom stereocenters. The first kappa shape index (κ1) is 7.67. The van der Waals surface area contributed by atoms with Gasteiger partial charge in [-0.2, -0.15) is 5.26 Å². The van der Waals surface area contributed by atoms with Gasteiger partial charge >= 0.3 is 0 Å². The minimum Gasteiger partial charge on any atom is -0.207 e. The predicted molar refractivity (Wildman–Crippen MR) is 35.8 cm³/mol. The lowest BCUT2D eigenvalue weighted by Crippen LogP contribution is -1.89. The number of nitrogens with zero attached hydrogens (tertiary/aromatic N) is 1. The molecule has 0 spiro atoms. The van der Waals surface area contributed by atoms with Gasteiger partial charge in [-0.3, -0.25) is 0 Å². The van der Waals surface area contributed by atoms with E-state index in [1.54, 1.807) is 6.07 Å². The van der Waals surface area contributed by atoms with Gasteiger partial charge in [0.25, 0.3) is 0 Å². The molecule has 0 amide bonds. The van der Waals surface area contributed by atoms with Crippen LogP contribution in [0.25, 0.3) is 0 Å². The number of hydrogen-bond acceptors (Lipinski definition) is 1. The lowest BCUT2D eigenvalue weighted by molar-refractivity contribution is 0.567. The SMILES string of the molecule is Cc1c(F)cc(C#N)cc1F. The van der Waals surface area contributed by atoms with Gasteiger partial charge in [0.1, 0.15) is 11.6 Å². The minimum absolute atomic E-state index is 0.00519. The molecule has 0 aromatic heterocycles. The Morgan fingerprint density at radius 2 is 1.73 bits per heavy atom. The van der Waals surface area contributed by atoms with Crippen molar-refractivity contribution in [1.82, 2.24) is 0 Å². The summed E-state index contributed by atoms with van der Waals surface area (Å²) in [4.78, 5) is 0. The second-order valence-electron chi connectivity index (χ2n) is 2.18. The van der Waals surface area contributed by atoms with Crippen LogP contribution < -0.4 is 0 Å². The van der Waals surface area contributed by atoms with Crippen molar-refractivity contribution < 1.29 is 8.78 Å².